The second kappa shape index (κ2) is 5.56. The van der Waals surface area contributed by atoms with E-state index in [2.05, 4.69) is 4.28 Å². The molecule has 18 heavy (non-hydrogen) atoms. The number of nitrogens with zero attached hydrogens (tertiary/aromatic N) is 1. The normalized spacial score (nSPS) is 10.9. The fourth-order valence-corrected chi connectivity index (χ4v) is 1.97. The fourth-order valence-electron chi connectivity index (χ4n) is 1.07. The maximum absolute atomic E-state index is 11.4. The van der Waals surface area contributed by atoms with Crippen LogP contribution in [0.15, 0.2) is 24.3 Å². The van der Waals surface area contributed by atoms with E-state index in [0.29, 0.717) is 5.56 Å². The lowest BCUT2D eigenvalue weighted by Crippen LogP contribution is -2.25. The maximum Gasteiger partial charge on any atom is 0.292 e. The quantitative estimate of drug-likeness (QED) is 0.617. The van der Waals surface area contributed by atoms with Gasteiger partial charge in [0.25, 0.3) is 15.8 Å². The van der Waals surface area contributed by atoms with Crippen molar-refractivity contribution in [3.8, 4) is 0 Å². The Hall–Kier alpha value is -2.00. The number of nitro groups is 1. The minimum atomic E-state index is -3.96. The molecule has 1 aromatic carbocycles. The van der Waals surface area contributed by atoms with Crippen LogP contribution >= 0.6 is 0 Å². The number of hydrogen-bond donors (Lipinski definition) is 1. The fraction of sp³-hybridized carbons (Fsp3) is 0.222. The van der Waals surface area contributed by atoms with Crippen molar-refractivity contribution in [3.63, 3.8) is 0 Å². The number of nitro benzene ring substituents is 1. The lowest BCUT2D eigenvalue weighted by Gasteiger charge is -2.04. The van der Waals surface area contributed by atoms with Crippen molar-refractivity contribution in [1.82, 2.24) is 5.48 Å². The molecule has 98 valence electrons. The molecule has 0 aliphatic carbocycles. The highest BCUT2D eigenvalue weighted by atomic mass is 32.2. The maximum atomic E-state index is 11.4. The predicted molar refractivity (Wildman–Crippen MR) is 60.6 cm³/mol. The summed E-state index contributed by atoms with van der Waals surface area (Å²) in [6.07, 6.45) is 0. The molecular formula is C9H10N2O6S. The Labute approximate surface area is 103 Å². The van der Waals surface area contributed by atoms with Crippen molar-refractivity contribution in [2.45, 2.75) is 12.7 Å². The third kappa shape index (κ3) is 4.47. The third-order valence-electron chi connectivity index (χ3n) is 1.80. The molecule has 0 radical (unpaired) electrons. The predicted octanol–water partition coefficient (Wildman–Crippen LogP) is 0.492. The van der Waals surface area contributed by atoms with Gasteiger partial charge in [0.15, 0.2) is 0 Å². The van der Waals surface area contributed by atoms with Crippen LogP contribution in [-0.2, 0) is 24.9 Å². The van der Waals surface area contributed by atoms with Gasteiger partial charge in [-0.05, 0) is 5.56 Å². The molecule has 0 fully saturated rings. The minimum Gasteiger partial charge on any atom is -0.273 e. The summed E-state index contributed by atoms with van der Waals surface area (Å²) in [6, 6.07) is 4.96. The molecule has 9 heteroatoms. The highest BCUT2D eigenvalue weighted by molar-refractivity contribution is 7.85. The second-order valence-corrected chi connectivity index (χ2v) is 4.94. The molecule has 0 atom stereocenters. The largest absolute Gasteiger partial charge is 0.292 e. The van der Waals surface area contributed by atoms with Crippen molar-refractivity contribution in [2.24, 2.45) is 0 Å². The van der Waals surface area contributed by atoms with E-state index in [0.717, 1.165) is 6.92 Å². The molecule has 1 amide bonds. The van der Waals surface area contributed by atoms with Crippen LogP contribution in [0.4, 0.5) is 5.69 Å². The van der Waals surface area contributed by atoms with E-state index in [-0.39, 0.29) is 5.69 Å². The number of amides is 1. The minimum absolute atomic E-state index is 0.140. The first-order chi connectivity index (χ1) is 8.30. The van der Waals surface area contributed by atoms with Gasteiger partial charge in [-0.3, -0.25) is 14.9 Å². The Kier molecular flexibility index (Phi) is 4.34. The summed E-state index contributed by atoms with van der Waals surface area (Å²) in [7, 11) is -3.96. The zero-order valence-electron chi connectivity index (χ0n) is 9.32. The number of carbonyl (C=O) groups excluding carboxylic acids is 1. The van der Waals surface area contributed by atoms with Crippen LogP contribution in [0, 0.1) is 10.1 Å². The van der Waals surface area contributed by atoms with E-state index in [1.54, 1.807) is 5.48 Å². The molecule has 0 unspecified atom stereocenters. The molecule has 0 bridgehead atoms. The van der Waals surface area contributed by atoms with E-state index in [9.17, 15) is 23.3 Å². The average molecular weight is 274 g/mol. The highest BCUT2D eigenvalue weighted by Gasteiger charge is 2.14. The first-order valence-electron chi connectivity index (χ1n) is 4.71. The van der Waals surface area contributed by atoms with E-state index in [1.165, 1.54) is 24.3 Å². The lowest BCUT2D eigenvalue weighted by molar-refractivity contribution is -0.384. The van der Waals surface area contributed by atoms with Crippen LogP contribution in [0.2, 0.25) is 0 Å². The van der Waals surface area contributed by atoms with Gasteiger partial charge in [0.1, 0.15) is 5.75 Å². The lowest BCUT2D eigenvalue weighted by atomic mass is 10.2. The van der Waals surface area contributed by atoms with Crippen LogP contribution in [0.3, 0.4) is 0 Å². The van der Waals surface area contributed by atoms with Crippen molar-refractivity contribution in [1.29, 1.82) is 0 Å². The van der Waals surface area contributed by atoms with Gasteiger partial charge in [-0.25, -0.2) is 5.48 Å². The molecule has 1 aromatic rings. The summed E-state index contributed by atoms with van der Waals surface area (Å²) >= 11 is 0. The van der Waals surface area contributed by atoms with Crippen molar-refractivity contribution < 1.29 is 22.4 Å². The van der Waals surface area contributed by atoms with E-state index >= 15 is 0 Å². The Morgan fingerprint density at radius 3 is 2.39 bits per heavy atom. The average Bonchev–Trinajstić information content (AvgIpc) is 2.27. The van der Waals surface area contributed by atoms with Crippen LogP contribution in [0.5, 0.6) is 0 Å². The number of benzene rings is 1. The van der Waals surface area contributed by atoms with Crippen molar-refractivity contribution >= 4 is 21.7 Å². The van der Waals surface area contributed by atoms with Crippen molar-refractivity contribution in [2.75, 3.05) is 0 Å². The zero-order chi connectivity index (χ0) is 13.8. The molecule has 0 saturated carbocycles. The van der Waals surface area contributed by atoms with Gasteiger partial charge in [0.05, 0.1) is 4.92 Å². The Balaban J connectivity index is 2.72. The number of hydroxylamine groups is 1. The summed E-state index contributed by atoms with van der Waals surface area (Å²) in [4.78, 5) is 20.3. The smallest absolute Gasteiger partial charge is 0.273 e. The third-order valence-corrected chi connectivity index (χ3v) is 2.83. The number of carbonyl (C=O) groups is 1. The van der Waals surface area contributed by atoms with Crippen LogP contribution in [-0.4, -0.2) is 19.2 Å². The zero-order valence-corrected chi connectivity index (χ0v) is 10.1. The van der Waals surface area contributed by atoms with Crippen LogP contribution in [0.25, 0.3) is 0 Å². The molecule has 0 aromatic heterocycles. The van der Waals surface area contributed by atoms with Gasteiger partial charge >= 0.3 is 0 Å². The van der Waals surface area contributed by atoms with Crippen molar-refractivity contribution in [3.05, 3.63) is 39.9 Å². The van der Waals surface area contributed by atoms with Gasteiger partial charge in [-0.1, -0.05) is 12.1 Å². The molecule has 1 N–H and O–H groups in total. The summed E-state index contributed by atoms with van der Waals surface area (Å²) in [6.45, 7) is 1.10. The topological polar surface area (TPSA) is 116 Å². The van der Waals surface area contributed by atoms with Crippen LogP contribution in [0.1, 0.15) is 12.5 Å². The first kappa shape index (κ1) is 14.1. The van der Waals surface area contributed by atoms with Gasteiger partial charge in [-0.15, -0.1) is 4.28 Å². The van der Waals surface area contributed by atoms with E-state index in [1.807, 2.05) is 0 Å². The van der Waals surface area contributed by atoms with Crippen LogP contribution < -0.4 is 5.48 Å². The monoisotopic (exact) mass is 274 g/mol. The second-order valence-electron chi connectivity index (χ2n) is 3.37. The molecule has 0 aliphatic rings. The van der Waals surface area contributed by atoms with Gasteiger partial charge in [-0.2, -0.15) is 8.42 Å². The Bertz CT molecular complexity index is 551. The number of nitrogens with one attached hydrogen (secondary N) is 1. The number of hydrogen-bond acceptors (Lipinski definition) is 6. The summed E-state index contributed by atoms with van der Waals surface area (Å²) in [5.41, 5.74) is 1.87. The molecule has 0 aliphatic heterocycles. The Morgan fingerprint density at radius 2 is 1.94 bits per heavy atom. The highest BCUT2D eigenvalue weighted by Crippen LogP contribution is 2.14. The van der Waals surface area contributed by atoms with E-state index in [4.69, 9.17) is 0 Å². The molecule has 8 nitrogen and oxygen atoms in total. The summed E-state index contributed by atoms with van der Waals surface area (Å²) in [5.74, 6) is -1.15. The van der Waals surface area contributed by atoms with Gasteiger partial charge < -0.3 is 0 Å². The number of non-ortho nitro benzene ring substituents is 1. The first-order valence-corrected chi connectivity index (χ1v) is 6.29. The molecule has 0 saturated heterocycles. The molecular weight excluding hydrogens is 264 g/mol. The standard InChI is InChI=1S/C9H10N2O6S/c1-7(12)10-17-18(15,16)6-8-2-4-9(5-3-8)11(13)14/h2-5H,6H2,1H3,(H,10,12). The Morgan fingerprint density at radius 1 is 1.39 bits per heavy atom. The number of rotatable bonds is 5. The van der Waals surface area contributed by atoms with Gasteiger partial charge in [0.2, 0.25) is 5.91 Å². The molecule has 0 heterocycles. The SMILES string of the molecule is CC(=O)NOS(=O)(=O)Cc1ccc([N+](=O)[O-])cc1. The van der Waals surface area contributed by atoms with E-state index < -0.39 is 26.7 Å². The summed E-state index contributed by atoms with van der Waals surface area (Å²) in [5, 5.41) is 10.4. The molecule has 0 spiro atoms. The van der Waals surface area contributed by atoms with Gasteiger partial charge in [0, 0.05) is 19.1 Å². The molecule has 1 rings (SSSR count). The summed E-state index contributed by atoms with van der Waals surface area (Å²) < 4.78 is 26.9.